The average molecular weight is 403 g/mol. The van der Waals surface area contributed by atoms with Gasteiger partial charge in [0.15, 0.2) is 11.6 Å². The van der Waals surface area contributed by atoms with Gasteiger partial charge in [-0.3, -0.25) is 4.79 Å². The zero-order valence-electron chi connectivity index (χ0n) is 17.5. The highest BCUT2D eigenvalue weighted by Crippen LogP contribution is 2.57. The minimum absolute atomic E-state index is 0.0246. The van der Waals surface area contributed by atoms with E-state index in [-0.39, 0.29) is 12.5 Å². The molecule has 2 saturated carbocycles. The number of nitrogens with one attached hydrogen (secondary N) is 3. The maximum atomic E-state index is 11.7. The third kappa shape index (κ3) is 5.01. The van der Waals surface area contributed by atoms with Gasteiger partial charge in [0.25, 0.3) is 0 Å². The Morgan fingerprint density at radius 2 is 2.17 bits per heavy atom. The number of pyridine rings is 1. The van der Waals surface area contributed by atoms with E-state index in [0.29, 0.717) is 11.5 Å². The number of hydrogen-bond donors (Lipinski definition) is 3. The largest absolute Gasteiger partial charge is 0.489 e. The maximum absolute atomic E-state index is 11.7. The van der Waals surface area contributed by atoms with E-state index in [1.807, 2.05) is 12.3 Å². The highest BCUT2D eigenvalue weighted by molar-refractivity contribution is 5.78. The first-order valence-electron chi connectivity index (χ1n) is 11.0. The molecule has 1 unspecified atom stereocenters. The van der Waals surface area contributed by atoms with Crippen molar-refractivity contribution in [3.8, 4) is 5.75 Å². The molecule has 2 fully saturated rings. The number of hydrogen-bond acceptors (Lipinski definition) is 6. The van der Waals surface area contributed by atoms with Crippen molar-refractivity contribution in [3.63, 3.8) is 0 Å². The quantitative estimate of drug-likeness (QED) is 0.520. The summed E-state index contributed by atoms with van der Waals surface area (Å²) in [5, 5.41) is 10.1. The first kappa shape index (κ1) is 20.4. The van der Waals surface area contributed by atoms with Crippen LogP contribution in [0, 0.1) is 11.3 Å². The molecule has 2 heterocycles. The van der Waals surface area contributed by atoms with Crippen LogP contribution in [0.15, 0.2) is 12.3 Å². The van der Waals surface area contributed by atoms with Crippen LogP contribution in [0.25, 0.3) is 0 Å². The van der Waals surface area contributed by atoms with E-state index in [9.17, 15) is 4.79 Å². The average Bonchev–Trinajstić information content (AvgIpc) is 3.13. The van der Waals surface area contributed by atoms with Gasteiger partial charge in [0.05, 0.1) is 6.61 Å². The van der Waals surface area contributed by atoms with E-state index >= 15 is 0 Å². The lowest BCUT2D eigenvalue weighted by Crippen LogP contribution is -2.34. The van der Waals surface area contributed by atoms with Crippen molar-refractivity contribution in [2.24, 2.45) is 11.3 Å². The Morgan fingerprint density at radius 3 is 3.00 bits per heavy atom. The van der Waals surface area contributed by atoms with Crippen LogP contribution in [0.3, 0.4) is 0 Å². The lowest BCUT2D eigenvalue weighted by atomic mass is 9.78. The van der Waals surface area contributed by atoms with Gasteiger partial charge in [-0.2, -0.15) is 0 Å². The van der Waals surface area contributed by atoms with Crippen LogP contribution in [-0.2, 0) is 16.0 Å². The van der Waals surface area contributed by atoms with Crippen molar-refractivity contribution in [2.75, 3.05) is 45.3 Å². The Balaban J connectivity index is 1.07. The predicted octanol–water partition coefficient (Wildman–Crippen LogP) is 2.12. The fourth-order valence-corrected chi connectivity index (χ4v) is 4.95. The molecule has 7 nitrogen and oxygen atoms in total. The summed E-state index contributed by atoms with van der Waals surface area (Å²) in [5.41, 5.74) is 1.64. The molecule has 1 amide bonds. The number of carbonyl (C=O) groups is 1. The topological polar surface area (TPSA) is 84.5 Å². The van der Waals surface area contributed by atoms with Gasteiger partial charge in [-0.15, -0.1) is 0 Å². The van der Waals surface area contributed by atoms with Gasteiger partial charge >= 0.3 is 0 Å². The second kappa shape index (κ2) is 9.30. The number of aromatic nitrogens is 1. The van der Waals surface area contributed by atoms with Gasteiger partial charge < -0.3 is 25.4 Å². The Morgan fingerprint density at radius 1 is 1.31 bits per heavy atom. The van der Waals surface area contributed by atoms with Crippen molar-refractivity contribution >= 4 is 11.7 Å². The summed E-state index contributed by atoms with van der Waals surface area (Å²) in [4.78, 5) is 16.1. The van der Waals surface area contributed by atoms with E-state index in [1.165, 1.54) is 37.7 Å². The monoisotopic (exact) mass is 402 g/mol. The van der Waals surface area contributed by atoms with E-state index in [4.69, 9.17) is 9.47 Å². The third-order valence-electron chi connectivity index (χ3n) is 6.83. The molecule has 1 aromatic rings. The summed E-state index contributed by atoms with van der Waals surface area (Å²) in [5.74, 6) is 2.64. The van der Waals surface area contributed by atoms with Crippen LogP contribution in [-0.4, -0.2) is 56.9 Å². The summed E-state index contributed by atoms with van der Waals surface area (Å²) in [6.45, 7) is 3.77. The minimum atomic E-state index is 0.0246. The third-order valence-corrected chi connectivity index (χ3v) is 6.83. The van der Waals surface area contributed by atoms with Gasteiger partial charge in [-0.05, 0) is 62.5 Å². The van der Waals surface area contributed by atoms with E-state index in [1.54, 1.807) is 7.11 Å². The van der Waals surface area contributed by atoms with Crippen molar-refractivity contribution in [1.29, 1.82) is 0 Å². The highest BCUT2D eigenvalue weighted by Gasteiger charge is 2.55. The van der Waals surface area contributed by atoms with Crippen LogP contribution >= 0.6 is 0 Å². The standard InChI is InChI=1S/C22H34N4O3/c1-28-15-19(27)26-18-14-22(18)7-2-16(3-8-22)4-9-23-11-12-25-21-20-17(5-10-24-21)6-13-29-20/h5,10,16,18,23H,2-4,6-9,11-15H2,1H3,(H,24,25)(H,26,27). The Labute approximate surface area is 173 Å². The molecule has 2 aliphatic carbocycles. The van der Waals surface area contributed by atoms with Crippen LogP contribution in [0.2, 0.25) is 0 Å². The molecule has 1 spiro atoms. The molecular formula is C22H34N4O3. The van der Waals surface area contributed by atoms with Crippen LogP contribution in [0.4, 0.5) is 5.82 Å². The molecule has 160 valence electrons. The number of methoxy groups -OCH3 is 1. The molecule has 1 aromatic heterocycles. The summed E-state index contributed by atoms with van der Waals surface area (Å²) >= 11 is 0. The smallest absolute Gasteiger partial charge is 0.246 e. The van der Waals surface area contributed by atoms with E-state index in [0.717, 1.165) is 56.6 Å². The molecule has 1 atom stereocenters. The van der Waals surface area contributed by atoms with Crippen molar-refractivity contribution in [1.82, 2.24) is 15.6 Å². The predicted molar refractivity (Wildman–Crippen MR) is 112 cm³/mol. The van der Waals surface area contributed by atoms with Crippen molar-refractivity contribution in [2.45, 2.75) is 51.0 Å². The Bertz CT molecular complexity index is 703. The number of nitrogens with zero attached hydrogens (tertiary/aromatic N) is 1. The number of fused-ring (bicyclic) bond motifs is 1. The lowest BCUT2D eigenvalue weighted by molar-refractivity contribution is -0.125. The second-order valence-corrected chi connectivity index (χ2v) is 8.77. The Kier molecular flexibility index (Phi) is 6.55. The Hall–Kier alpha value is -1.86. The summed E-state index contributed by atoms with van der Waals surface area (Å²) in [6, 6.07) is 2.42. The van der Waals surface area contributed by atoms with Crippen LogP contribution < -0.4 is 20.7 Å². The van der Waals surface area contributed by atoms with Crippen molar-refractivity contribution in [3.05, 3.63) is 17.8 Å². The number of amides is 1. The van der Waals surface area contributed by atoms with Gasteiger partial charge in [0.1, 0.15) is 6.61 Å². The zero-order valence-corrected chi connectivity index (χ0v) is 17.5. The molecule has 7 heteroatoms. The molecule has 1 aliphatic heterocycles. The normalized spacial score (nSPS) is 27.3. The van der Waals surface area contributed by atoms with Gasteiger partial charge in [-0.25, -0.2) is 4.98 Å². The first-order chi connectivity index (χ1) is 14.2. The zero-order chi connectivity index (χ0) is 20.1. The summed E-state index contributed by atoms with van der Waals surface area (Å²) in [6.07, 6.45) is 10.3. The number of carbonyl (C=O) groups excluding carboxylic acids is 1. The van der Waals surface area contributed by atoms with Gasteiger partial charge in [0.2, 0.25) is 5.91 Å². The molecule has 0 saturated heterocycles. The van der Waals surface area contributed by atoms with E-state index in [2.05, 4.69) is 20.9 Å². The van der Waals surface area contributed by atoms with Crippen LogP contribution in [0.1, 0.15) is 44.1 Å². The van der Waals surface area contributed by atoms with Crippen LogP contribution in [0.5, 0.6) is 5.75 Å². The molecule has 4 rings (SSSR count). The molecule has 0 bridgehead atoms. The van der Waals surface area contributed by atoms with Crippen molar-refractivity contribution < 1.29 is 14.3 Å². The summed E-state index contributed by atoms with van der Waals surface area (Å²) < 4.78 is 10.6. The first-order valence-corrected chi connectivity index (χ1v) is 11.0. The number of ether oxygens (including phenoxy) is 2. The molecule has 29 heavy (non-hydrogen) atoms. The molecule has 3 N–H and O–H groups in total. The van der Waals surface area contributed by atoms with E-state index < -0.39 is 0 Å². The fraction of sp³-hybridized carbons (Fsp3) is 0.727. The summed E-state index contributed by atoms with van der Waals surface area (Å²) in [7, 11) is 1.57. The maximum Gasteiger partial charge on any atom is 0.246 e. The molecule has 3 aliphatic rings. The molecular weight excluding hydrogens is 368 g/mol. The SMILES string of the molecule is COCC(=O)NC1CC12CCC(CCNCCNc1nccc3c1OCC3)CC2. The molecule has 0 radical (unpaired) electrons. The highest BCUT2D eigenvalue weighted by atomic mass is 16.5. The van der Waals surface area contributed by atoms with Gasteiger partial charge in [-0.1, -0.05) is 0 Å². The number of rotatable bonds is 10. The molecule has 0 aromatic carbocycles. The lowest BCUT2D eigenvalue weighted by Gasteiger charge is -2.29. The second-order valence-electron chi connectivity index (χ2n) is 8.77. The van der Waals surface area contributed by atoms with Gasteiger partial charge in [0, 0.05) is 44.4 Å². The minimum Gasteiger partial charge on any atom is -0.489 e. The number of anilines is 1. The fourth-order valence-electron chi connectivity index (χ4n) is 4.95.